The van der Waals surface area contributed by atoms with Gasteiger partial charge >= 0.3 is 0 Å². The van der Waals surface area contributed by atoms with E-state index in [0.717, 1.165) is 37.9 Å². The van der Waals surface area contributed by atoms with Crippen LogP contribution in [0.3, 0.4) is 0 Å². The molecular weight excluding hydrogens is 393 g/mol. The quantitative estimate of drug-likeness (QED) is 0.533. The third-order valence-corrected chi connectivity index (χ3v) is 5.53. The molecule has 7 heteroatoms. The van der Waals surface area contributed by atoms with Crippen LogP contribution >= 0.6 is 11.6 Å². The Kier molecular flexibility index (Phi) is 6.11. The second-order valence-corrected chi connectivity index (χ2v) is 7.71. The molecule has 0 amide bonds. The number of nitrogens with zero attached hydrogens (tertiary/aromatic N) is 3. The smallest absolute Gasteiger partial charge is 0.243 e. The van der Waals surface area contributed by atoms with Crippen LogP contribution in [-0.2, 0) is 13.2 Å². The molecule has 0 saturated carbocycles. The van der Waals surface area contributed by atoms with Gasteiger partial charge < -0.3 is 9.26 Å². The van der Waals surface area contributed by atoms with Gasteiger partial charge in [0.15, 0.2) is 5.82 Å². The van der Waals surface area contributed by atoms with E-state index in [9.17, 15) is 4.39 Å². The molecule has 1 aromatic heterocycles. The Balaban J connectivity index is 1.45. The summed E-state index contributed by atoms with van der Waals surface area (Å²) in [4.78, 5) is 6.80. The molecule has 2 heterocycles. The highest BCUT2D eigenvalue weighted by molar-refractivity contribution is 6.31. The minimum Gasteiger partial charge on any atom is -0.489 e. The number of benzene rings is 2. The first kappa shape index (κ1) is 19.9. The molecule has 0 radical (unpaired) electrons. The van der Waals surface area contributed by atoms with Crippen LogP contribution in [-0.4, -0.2) is 21.6 Å². The van der Waals surface area contributed by atoms with E-state index in [-0.39, 0.29) is 18.5 Å². The molecule has 1 saturated heterocycles. The Morgan fingerprint density at radius 1 is 1.24 bits per heavy atom. The molecule has 1 aliphatic rings. The summed E-state index contributed by atoms with van der Waals surface area (Å²) in [7, 11) is 0. The highest BCUT2D eigenvalue weighted by Crippen LogP contribution is 2.31. The van der Waals surface area contributed by atoms with Gasteiger partial charge in [-0.25, -0.2) is 4.39 Å². The van der Waals surface area contributed by atoms with Crippen molar-refractivity contribution in [2.24, 2.45) is 0 Å². The summed E-state index contributed by atoms with van der Waals surface area (Å²) < 4.78 is 25.2. The summed E-state index contributed by atoms with van der Waals surface area (Å²) in [5, 5.41) is 4.31. The van der Waals surface area contributed by atoms with Gasteiger partial charge in [0.1, 0.15) is 18.2 Å². The third kappa shape index (κ3) is 4.77. The summed E-state index contributed by atoms with van der Waals surface area (Å²) in [5.74, 6) is 1.67. The molecule has 5 nitrogen and oxygen atoms in total. The van der Waals surface area contributed by atoms with Crippen LogP contribution in [0.4, 0.5) is 4.39 Å². The standard InChI is InChI=1S/C22H23ClFN3O2/c1-15-25-22(29-26-15)21-10-2-3-11-27(21)13-16-6-4-7-17(12-16)28-14-18-19(23)8-5-9-20(18)24/h4-9,12,21H,2-3,10-11,13-14H2,1H3. The van der Waals surface area contributed by atoms with Crippen LogP contribution in [0, 0.1) is 12.7 Å². The monoisotopic (exact) mass is 415 g/mol. The van der Waals surface area contributed by atoms with Gasteiger partial charge in [0.25, 0.3) is 0 Å². The summed E-state index contributed by atoms with van der Waals surface area (Å²) in [6.07, 6.45) is 3.30. The molecule has 0 spiro atoms. The lowest BCUT2D eigenvalue weighted by Gasteiger charge is -2.33. The van der Waals surface area contributed by atoms with Gasteiger partial charge in [-0.15, -0.1) is 0 Å². The zero-order valence-corrected chi connectivity index (χ0v) is 17.0. The maximum atomic E-state index is 14.0. The maximum absolute atomic E-state index is 14.0. The molecule has 0 aliphatic carbocycles. The van der Waals surface area contributed by atoms with Crippen molar-refractivity contribution in [1.29, 1.82) is 0 Å². The molecule has 1 aliphatic heterocycles. The third-order valence-electron chi connectivity index (χ3n) is 5.17. The van der Waals surface area contributed by atoms with Gasteiger partial charge in [-0.3, -0.25) is 4.90 Å². The highest BCUT2D eigenvalue weighted by atomic mass is 35.5. The fourth-order valence-electron chi connectivity index (χ4n) is 3.70. The number of rotatable bonds is 6. The first-order chi connectivity index (χ1) is 14.1. The van der Waals surface area contributed by atoms with Crippen molar-refractivity contribution in [2.75, 3.05) is 6.54 Å². The molecule has 3 aromatic rings. The first-order valence-corrected chi connectivity index (χ1v) is 10.2. The first-order valence-electron chi connectivity index (χ1n) is 9.79. The lowest BCUT2D eigenvalue weighted by atomic mass is 10.0. The topological polar surface area (TPSA) is 51.4 Å². The number of piperidine rings is 1. The Hall–Kier alpha value is -2.44. The SMILES string of the molecule is Cc1noc(C2CCCCN2Cc2cccc(OCc3c(F)cccc3Cl)c2)n1. The van der Waals surface area contributed by atoms with E-state index in [1.54, 1.807) is 12.1 Å². The van der Waals surface area contributed by atoms with Crippen LogP contribution in [0.5, 0.6) is 5.75 Å². The van der Waals surface area contributed by atoms with Crippen molar-refractivity contribution < 1.29 is 13.7 Å². The average molecular weight is 416 g/mol. The van der Waals surface area contributed by atoms with E-state index in [2.05, 4.69) is 21.1 Å². The van der Waals surface area contributed by atoms with E-state index >= 15 is 0 Å². The Bertz CT molecular complexity index is 958. The van der Waals surface area contributed by atoms with E-state index in [4.69, 9.17) is 20.9 Å². The highest BCUT2D eigenvalue weighted by Gasteiger charge is 2.28. The lowest BCUT2D eigenvalue weighted by molar-refractivity contribution is 0.111. The van der Waals surface area contributed by atoms with Gasteiger partial charge in [0.05, 0.1) is 11.1 Å². The van der Waals surface area contributed by atoms with Crippen LogP contribution in [0.2, 0.25) is 5.02 Å². The Labute approximate surface area is 174 Å². The van der Waals surface area contributed by atoms with Crippen LogP contribution < -0.4 is 4.74 Å². The number of aryl methyl sites for hydroxylation is 1. The summed E-state index contributed by atoms with van der Waals surface area (Å²) in [6.45, 7) is 3.65. The average Bonchev–Trinajstić information content (AvgIpc) is 3.14. The fraction of sp³-hybridized carbons (Fsp3) is 0.364. The molecule has 1 unspecified atom stereocenters. The van der Waals surface area contributed by atoms with Gasteiger partial charge in [-0.05, 0) is 56.1 Å². The Morgan fingerprint density at radius 3 is 2.90 bits per heavy atom. The van der Waals surface area contributed by atoms with Crippen molar-refractivity contribution in [2.45, 2.75) is 45.4 Å². The molecule has 1 atom stereocenters. The van der Waals surface area contributed by atoms with Crippen molar-refractivity contribution in [3.63, 3.8) is 0 Å². The summed E-state index contributed by atoms with van der Waals surface area (Å²) in [6, 6.07) is 12.6. The van der Waals surface area contributed by atoms with Gasteiger partial charge in [-0.1, -0.05) is 41.4 Å². The number of hydrogen-bond donors (Lipinski definition) is 0. The van der Waals surface area contributed by atoms with Crippen molar-refractivity contribution in [3.05, 3.63) is 76.1 Å². The summed E-state index contributed by atoms with van der Waals surface area (Å²) in [5.41, 5.74) is 1.48. The minimum atomic E-state index is -0.361. The lowest BCUT2D eigenvalue weighted by Crippen LogP contribution is -2.33. The number of likely N-dealkylation sites (tertiary alicyclic amines) is 1. The molecule has 152 valence electrons. The number of halogens is 2. The summed E-state index contributed by atoms with van der Waals surface area (Å²) >= 11 is 6.09. The van der Waals surface area contributed by atoms with E-state index in [0.29, 0.717) is 28.1 Å². The second-order valence-electron chi connectivity index (χ2n) is 7.30. The number of ether oxygens (including phenoxy) is 1. The molecule has 1 fully saturated rings. The number of hydrogen-bond acceptors (Lipinski definition) is 5. The minimum absolute atomic E-state index is 0.0859. The normalized spacial score (nSPS) is 17.4. The largest absolute Gasteiger partial charge is 0.489 e. The zero-order chi connectivity index (χ0) is 20.2. The predicted octanol–water partition coefficient (Wildman–Crippen LogP) is 5.48. The van der Waals surface area contributed by atoms with Crippen LogP contribution in [0.1, 0.15) is 48.1 Å². The van der Waals surface area contributed by atoms with Crippen molar-refractivity contribution >= 4 is 11.6 Å². The number of aromatic nitrogens is 2. The van der Waals surface area contributed by atoms with E-state index in [1.807, 2.05) is 25.1 Å². The Morgan fingerprint density at radius 2 is 2.10 bits per heavy atom. The van der Waals surface area contributed by atoms with Crippen LogP contribution in [0.25, 0.3) is 0 Å². The van der Waals surface area contributed by atoms with Gasteiger partial charge in [0, 0.05) is 12.1 Å². The van der Waals surface area contributed by atoms with E-state index in [1.165, 1.54) is 6.07 Å². The van der Waals surface area contributed by atoms with Crippen molar-refractivity contribution in [1.82, 2.24) is 15.0 Å². The fourth-order valence-corrected chi connectivity index (χ4v) is 3.92. The van der Waals surface area contributed by atoms with Crippen molar-refractivity contribution in [3.8, 4) is 5.75 Å². The van der Waals surface area contributed by atoms with Gasteiger partial charge in [-0.2, -0.15) is 4.98 Å². The van der Waals surface area contributed by atoms with E-state index < -0.39 is 0 Å². The maximum Gasteiger partial charge on any atom is 0.243 e. The van der Waals surface area contributed by atoms with Gasteiger partial charge in [0.2, 0.25) is 5.89 Å². The van der Waals surface area contributed by atoms with Crippen LogP contribution in [0.15, 0.2) is 47.0 Å². The zero-order valence-electron chi connectivity index (χ0n) is 16.3. The molecule has 0 N–H and O–H groups in total. The molecule has 2 aromatic carbocycles. The molecular formula is C22H23ClFN3O2. The molecule has 0 bridgehead atoms. The second kappa shape index (κ2) is 8.93. The molecule has 29 heavy (non-hydrogen) atoms. The molecule has 4 rings (SSSR count). The predicted molar refractivity (Wildman–Crippen MR) is 108 cm³/mol.